The zero-order chi connectivity index (χ0) is 15.4. The second-order valence-corrected chi connectivity index (χ2v) is 5.54. The van der Waals surface area contributed by atoms with Crippen molar-refractivity contribution in [1.82, 2.24) is 5.32 Å². The van der Waals surface area contributed by atoms with Crippen LogP contribution >= 0.6 is 35.4 Å². The molecule has 0 aliphatic carbocycles. The highest BCUT2D eigenvalue weighted by Crippen LogP contribution is 2.12. The van der Waals surface area contributed by atoms with E-state index < -0.39 is 12.0 Å². The summed E-state index contributed by atoms with van der Waals surface area (Å²) in [5.41, 5.74) is 1.01. The van der Waals surface area contributed by atoms with Gasteiger partial charge in [0.05, 0.1) is 0 Å². The number of nitrogens with one attached hydrogen (secondary N) is 1. The molecule has 2 N–H and O–H groups in total. The number of aliphatic hydroxyl groups excluding tert-OH is 1. The average Bonchev–Trinajstić information content (AvgIpc) is 2.47. The monoisotopic (exact) mass is 339 g/mol. The zero-order valence-electron chi connectivity index (χ0n) is 10.7. The highest BCUT2D eigenvalue weighted by molar-refractivity contribution is 7.80. The van der Waals surface area contributed by atoms with Gasteiger partial charge in [0.1, 0.15) is 4.99 Å². The number of benzene rings is 2. The molecule has 0 aliphatic rings. The number of hydrogen-bond acceptors (Lipinski definition) is 3. The summed E-state index contributed by atoms with van der Waals surface area (Å²) in [7, 11) is 0. The molecular formula is C15H11Cl2NO2S. The van der Waals surface area contributed by atoms with Crippen LogP contribution < -0.4 is 5.32 Å². The van der Waals surface area contributed by atoms with Gasteiger partial charge in [-0.2, -0.15) is 0 Å². The number of carbonyl (C=O) groups excluding carboxylic acids is 1. The summed E-state index contributed by atoms with van der Waals surface area (Å²) in [6.07, 6.45) is -1.42. The maximum Gasteiger partial charge on any atom is 0.211 e. The van der Waals surface area contributed by atoms with Crippen molar-refractivity contribution in [3.05, 3.63) is 69.7 Å². The van der Waals surface area contributed by atoms with E-state index >= 15 is 0 Å². The Morgan fingerprint density at radius 3 is 1.86 bits per heavy atom. The van der Waals surface area contributed by atoms with E-state index in [1.54, 1.807) is 48.5 Å². The lowest BCUT2D eigenvalue weighted by atomic mass is 10.1. The fraction of sp³-hybridized carbons (Fsp3) is 0.0667. The van der Waals surface area contributed by atoms with Crippen LogP contribution in [0.3, 0.4) is 0 Å². The number of ketones is 1. The molecule has 2 aromatic carbocycles. The number of Topliss-reactive ketones (excluding diaryl/α,β-unsaturated/α-hetero) is 1. The third kappa shape index (κ3) is 4.25. The van der Waals surface area contributed by atoms with Crippen LogP contribution in [0.2, 0.25) is 10.0 Å². The Kier molecular flexibility index (Phi) is 5.31. The Hall–Kier alpha value is -1.46. The van der Waals surface area contributed by atoms with Crippen LogP contribution in [0.1, 0.15) is 15.9 Å². The Balaban J connectivity index is 2.05. The van der Waals surface area contributed by atoms with Gasteiger partial charge in [0.15, 0.2) is 6.23 Å². The summed E-state index contributed by atoms with van der Waals surface area (Å²) in [5, 5.41) is 13.6. The van der Waals surface area contributed by atoms with E-state index in [0.717, 1.165) is 0 Å². The van der Waals surface area contributed by atoms with E-state index in [4.69, 9.17) is 35.4 Å². The fourth-order valence-electron chi connectivity index (χ4n) is 1.65. The minimum atomic E-state index is -1.42. The Bertz CT molecular complexity index is 656. The molecule has 0 heterocycles. The molecule has 0 aliphatic heterocycles. The molecular weight excluding hydrogens is 329 g/mol. The van der Waals surface area contributed by atoms with Crippen molar-refractivity contribution in [2.45, 2.75) is 6.23 Å². The van der Waals surface area contributed by atoms with Crippen LogP contribution in [-0.2, 0) is 0 Å². The van der Waals surface area contributed by atoms with E-state index in [2.05, 4.69) is 5.32 Å². The fourth-order valence-corrected chi connectivity index (χ4v) is 2.15. The van der Waals surface area contributed by atoms with Crippen molar-refractivity contribution >= 4 is 46.2 Å². The van der Waals surface area contributed by atoms with Crippen molar-refractivity contribution in [1.29, 1.82) is 0 Å². The second-order valence-electron chi connectivity index (χ2n) is 4.25. The number of rotatable bonds is 4. The maximum atomic E-state index is 12.0. The van der Waals surface area contributed by atoms with Gasteiger partial charge in [-0.15, -0.1) is 0 Å². The van der Waals surface area contributed by atoms with Crippen LogP contribution in [0.4, 0.5) is 0 Å². The number of carbonyl (C=O) groups is 1. The van der Waals surface area contributed by atoms with Crippen LogP contribution in [0.15, 0.2) is 48.5 Å². The molecule has 3 nitrogen and oxygen atoms in total. The first kappa shape index (κ1) is 15.9. The van der Waals surface area contributed by atoms with E-state index in [1.807, 2.05) is 0 Å². The molecule has 0 saturated carbocycles. The lowest BCUT2D eigenvalue weighted by Gasteiger charge is -2.14. The van der Waals surface area contributed by atoms with Gasteiger partial charge < -0.3 is 10.4 Å². The summed E-state index contributed by atoms with van der Waals surface area (Å²) >= 11 is 16.7. The standard InChI is InChI=1S/C15H11Cl2NO2S/c16-11-5-1-9(2-6-11)13(19)14(20)18-15(21)10-3-7-12(17)8-4-10/h1-8,14,20H,(H,18,21)/t14-/m0/s1. The number of halogens is 2. The number of aliphatic hydroxyl groups is 1. The number of hydrogen-bond donors (Lipinski definition) is 2. The van der Waals surface area contributed by atoms with Gasteiger partial charge in [-0.25, -0.2) is 0 Å². The molecule has 0 unspecified atom stereocenters. The highest BCUT2D eigenvalue weighted by atomic mass is 35.5. The molecule has 2 rings (SSSR count). The summed E-state index contributed by atoms with van der Waals surface area (Å²) in [6.45, 7) is 0. The minimum absolute atomic E-state index is 0.265. The molecule has 0 bridgehead atoms. The average molecular weight is 340 g/mol. The van der Waals surface area contributed by atoms with Gasteiger partial charge in [0.25, 0.3) is 0 Å². The van der Waals surface area contributed by atoms with Gasteiger partial charge in [0, 0.05) is 21.2 Å². The third-order valence-corrected chi connectivity index (χ3v) is 3.61. The Morgan fingerprint density at radius 1 is 0.952 bits per heavy atom. The molecule has 6 heteroatoms. The lowest BCUT2D eigenvalue weighted by molar-refractivity contribution is 0.0721. The Morgan fingerprint density at radius 2 is 1.38 bits per heavy atom. The molecule has 0 saturated heterocycles. The highest BCUT2D eigenvalue weighted by Gasteiger charge is 2.18. The first-order valence-electron chi connectivity index (χ1n) is 6.01. The van der Waals surface area contributed by atoms with Crippen LogP contribution in [0, 0.1) is 0 Å². The minimum Gasteiger partial charge on any atom is -0.367 e. The van der Waals surface area contributed by atoms with Crippen molar-refractivity contribution in [2.24, 2.45) is 0 Å². The molecule has 21 heavy (non-hydrogen) atoms. The second kappa shape index (κ2) is 7.00. The summed E-state index contributed by atoms with van der Waals surface area (Å²) in [4.78, 5) is 12.3. The molecule has 2 aromatic rings. The normalized spacial score (nSPS) is 11.8. The first-order valence-corrected chi connectivity index (χ1v) is 7.18. The molecule has 108 valence electrons. The van der Waals surface area contributed by atoms with Gasteiger partial charge in [0.2, 0.25) is 5.78 Å². The van der Waals surface area contributed by atoms with Crippen molar-refractivity contribution in [2.75, 3.05) is 0 Å². The summed E-state index contributed by atoms with van der Waals surface area (Å²) < 4.78 is 0. The summed E-state index contributed by atoms with van der Waals surface area (Å²) in [5.74, 6) is -0.483. The molecule has 0 spiro atoms. The van der Waals surface area contributed by atoms with Gasteiger partial charge in [-0.3, -0.25) is 4.79 Å². The van der Waals surface area contributed by atoms with Crippen LogP contribution in [-0.4, -0.2) is 22.1 Å². The van der Waals surface area contributed by atoms with Crippen LogP contribution in [0.5, 0.6) is 0 Å². The van der Waals surface area contributed by atoms with Crippen LogP contribution in [0.25, 0.3) is 0 Å². The van der Waals surface area contributed by atoms with E-state index in [9.17, 15) is 9.90 Å². The molecule has 0 fully saturated rings. The predicted molar refractivity (Wildman–Crippen MR) is 88.1 cm³/mol. The first-order chi connectivity index (χ1) is 9.97. The Labute approximate surface area is 137 Å². The van der Waals surface area contributed by atoms with Crippen molar-refractivity contribution in [3.8, 4) is 0 Å². The zero-order valence-corrected chi connectivity index (χ0v) is 13.0. The number of thiocarbonyl (C=S) groups is 1. The van der Waals surface area contributed by atoms with Gasteiger partial charge in [-0.1, -0.05) is 47.6 Å². The molecule has 0 radical (unpaired) electrons. The van der Waals surface area contributed by atoms with E-state index in [0.29, 0.717) is 21.2 Å². The van der Waals surface area contributed by atoms with Gasteiger partial charge in [-0.05, 0) is 36.4 Å². The molecule has 1 atom stereocenters. The van der Waals surface area contributed by atoms with Crippen molar-refractivity contribution in [3.63, 3.8) is 0 Å². The predicted octanol–water partition coefficient (Wildman–Crippen LogP) is 3.46. The quantitative estimate of drug-likeness (QED) is 0.508. The van der Waals surface area contributed by atoms with E-state index in [-0.39, 0.29) is 4.99 Å². The summed E-state index contributed by atoms with van der Waals surface area (Å²) in [6, 6.07) is 13.0. The topological polar surface area (TPSA) is 49.3 Å². The lowest BCUT2D eigenvalue weighted by Crippen LogP contribution is -2.40. The van der Waals surface area contributed by atoms with Gasteiger partial charge >= 0.3 is 0 Å². The largest absolute Gasteiger partial charge is 0.367 e. The smallest absolute Gasteiger partial charge is 0.211 e. The maximum absolute atomic E-state index is 12.0. The third-order valence-electron chi connectivity index (χ3n) is 2.75. The van der Waals surface area contributed by atoms with Crippen molar-refractivity contribution < 1.29 is 9.90 Å². The SMILES string of the molecule is O=C(c1ccc(Cl)cc1)[C@H](O)NC(=S)c1ccc(Cl)cc1. The molecule has 0 aromatic heterocycles. The van der Waals surface area contributed by atoms with E-state index in [1.165, 1.54) is 0 Å². The molecule has 0 amide bonds.